The average molecular weight is 365 g/mol. The van der Waals surface area contributed by atoms with Crippen LogP contribution in [0.15, 0.2) is 42.1 Å². The lowest BCUT2D eigenvalue weighted by atomic mass is 9.94. The van der Waals surface area contributed by atoms with Crippen LogP contribution in [0.5, 0.6) is 0 Å². The fourth-order valence-electron chi connectivity index (χ4n) is 4.39. The van der Waals surface area contributed by atoms with Crippen LogP contribution in [0.4, 0.5) is 0 Å². The molecule has 0 spiro atoms. The number of carbonyl (C=O) groups is 2. The summed E-state index contributed by atoms with van der Waals surface area (Å²) in [5, 5.41) is 0.981. The highest BCUT2D eigenvalue weighted by molar-refractivity contribution is 6.06. The molecule has 3 fully saturated rings. The van der Waals surface area contributed by atoms with Crippen molar-refractivity contribution in [2.75, 3.05) is 19.6 Å². The number of hydrogen-bond acceptors (Lipinski definition) is 2. The summed E-state index contributed by atoms with van der Waals surface area (Å²) in [6.45, 7) is 5.91. The van der Waals surface area contributed by atoms with Crippen LogP contribution in [0, 0.1) is 5.92 Å². The standard InChI is InChI=1S/C22H27N3O2/c1-15(2)9-12-25-17-8-7-16(21(25)26)13-24(14-17)22(27)19-5-4-6-20-18(19)10-11-23(20)3/h4-6,9-11,16-17H,7-8,12-14H2,1-3H3/t16-,17+/m0/s1. The minimum absolute atomic E-state index is 0.0422. The van der Waals surface area contributed by atoms with Gasteiger partial charge in [-0.15, -0.1) is 0 Å². The van der Waals surface area contributed by atoms with E-state index < -0.39 is 0 Å². The van der Waals surface area contributed by atoms with Crippen LogP contribution in [0.2, 0.25) is 0 Å². The predicted octanol–water partition coefficient (Wildman–Crippen LogP) is 3.21. The van der Waals surface area contributed by atoms with Gasteiger partial charge in [0.1, 0.15) is 0 Å². The number of benzene rings is 1. The van der Waals surface area contributed by atoms with Gasteiger partial charge in [0.25, 0.3) is 5.91 Å². The van der Waals surface area contributed by atoms with E-state index in [1.807, 2.05) is 51.9 Å². The first kappa shape index (κ1) is 17.8. The maximum absolute atomic E-state index is 13.3. The normalized spacial score (nSPS) is 22.3. The molecule has 2 atom stereocenters. The van der Waals surface area contributed by atoms with E-state index >= 15 is 0 Å². The van der Waals surface area contributed by atoms with Crippen LogP contribution in [0.3, 0.4) is 0 Å². The molecule has 2 bridgehead atoms. The lowest BCUT2D eigenvalue weighted by molar-refractivity contribution is -0.139. The molecule has 0 aliphatic carbocycles. The van der Waals surface area contributed by atoms with Crippen LogP contribution >= 0.6 is 0 Å². The van der Waals surface area contributed by atoms with Crippen LogP contribution in [0.25, 0.3) is 10.9 Å². The van der Waals surface area contributed by atoms with Crippen molar-refractivity contribution in [2.24, 2.45) is 13.0 Å². The largest absolute Gasteiger partial charge is 0.351 e. The highest BCUT2D eigenvalue weighted by Gasteiger charge is 2.41. The number of rotatable bonds is 3. The first-order valence-corrected chi connectivity index (χ1v) is 9.73. The van der Waals surface area contributed by atoms with E-state index in [9.17, 15) is 9.59 Å². The quantitative estimate of drug-likeness (QED) is 0.784. The lowest BCUT2D eigenvalue weighted by Gasteiger charge is -2.35. The molecule has 3 aliphatic rings. The molecule has 27 heavy (non-hydrogen) atoms. The van der Waals surface area contributed by atoms with Crippen molar-refractivity contribution >= 4 is 22.7 Å². The molecule has 5 nitrogen and oxygen atoms in total. The number of fused-ring (bicyclic) bond motifs is 5. The van der Waals surface area contributed by atoms with Gasteiger partial charge in [0.2, 0.25) is 5.91 Å². The molecule has 1 aromatic heterocycles. The van der Waals surface area contributed by atoms with Crippen molar-refractivity contribution in [3.05, 3.63) is 47.7 Å². The smallest absolute Gasteiger partial charge is 0.254 e. The van der Waals surface area contributed by atoms with Crippen LogP contribution in [-0.4, -0.2) is 51.9 Å². The second kappa shape index (κ2) is 6.87. The summed E-state index contributed by atoms with van der Waals surface area (Å²) >= 11 is 0. The van der Waals surface area contributed by atoms with Gasteiger partial charge >= 0.3 is 0 Å². The Morgan fingerprint density at radius 1 is 1.19 bits per heavy atom. The summed E-state index contributed by atoms with van der Waals surface area (Å²) in [4.78, 5) is 30.1. The van der Waals surface area contributed by atoms with Gasteiger partial charge < -0.3 is 14.4 Å². The van der Waals surface area contributed by atoms with Crippen molar-refractivity contribution in [2.45, 2.75) is 32.7 Å². The summed E-state index contributed by atoms with van der Waals surface area (Å²) < 4.78 is 2.03. The highest BCUT2D eigenvalue weighted by atomic mass is 16.2. The summed E-state index contributed by atoms with van der Waals surface area (Å²) in [5.74, 6) is 0.172. The molecular weight excluding hydrogens is 338 g/mol. The molecule has 3 aliphatic heterocycles. The fraction of sp³-hybridized carbons (Fsp3) is 0.455. The number of nitrogens with zero attached hydrogens (tertiary/aromatic N) is 3. The number of hydrogen-bond donors (Lipinski definition) is 0. The maximum atomic E-state index is 13.3. The Kier molecular flexibility index (Phi) is 4.54. The zero-order valence-corrected chi connectivity index (χ0v) is 16.3. The number of amides is 2. The van der Waals surface area contributed by atoms with Gasteiger partial charge in [0.05, 0.1) is 5.92 Å². The number of aryl methyl sites for hydroxylation is 1. The Hall–Kier alpha value is -2.56. The summed E-state index contributed by atoms with van der Waals surface area (Å²) in [5.41, 5.74) is 3.00. The van der Waals surface area contributed by atoms with Gasteiger partial charge in [-0.25, -0.2) is 0 Å². The van der Waals surface area contributed by atoms with Gasteiger partial charge in [0.15, 0.2) is 0 Å². The van der Waals surface area contributed by atoms with Crippen LogP contribution in [-0.2, 0) is 11.8 Å². The highest BCUT2D eigenvalue weighted by Crippen LogP contribution is 2.31. The van der Waals surface area contributed by atoms with Crippen LogP contribution in [0.1, 0.15) is 37.0 Å². The van der Waals surface area contributed by atoms with Crippen molar-refractivity contribution in [3.63, 3.8) is 0 Å². The molecule has 5 rings (SSSR count). The third-order valence-electron chi connectivity index (χ3n) is 5.94. The SMILES string of the molecule is CC(C)=CCN1C(=O)[C@H]2CC[C@@H]1CN(C(=O)c1cccc3c1ccn3C)C2. The number of carbonyl (C=O) groups excluding carboxylic acids is 2. The number of piperidine rings is 1. The summed E-state index contributed by atoms with van der Waals surface area (Å²) in [6, 6.07) is 7.99. The zero-order chi connectivity index (χ0) is 19.1. The second-order valence-electron chi connectivity index (χ2n) is 8.08. The molecule has 0 saturated carbocycles. The minimum Gasteiger partial charge on any atom is -0.351 e. The third-order valence-corrected chi connectivity index (χ3v) is 5.94. The van der Waals surface area contributed by atoms with Crippen molar-refractivity contribution in [3.8, 4) is 0 Å². The van der Waals surface area contributed by atoms with E-state index in [-0.39, 0.29) is 23.8 Å². The first-order chi connectivity index (χ1) is 13.0. The van der Waals surface area contributed by atoms with Gasteiger partial charge in [-0.2, -0.15) is 0 Å². The summed E-state index contributed by atoms with van der Waals surface area (Å²) in [6.07, 6.45) is 5.95. The van der Waals surface area contributed by atoms with Gasteiger partial charge in [-0.3, -0.25) is 9.59 Å². The molecule has 5 heteroatoms. The lowest BCUT2D eigenvalue weighted by Crippen LogP contribution is -2.48. The minimum atomic E-state index is -0.0757. The second-order valence-corrected chi connectivity index (χ2v) is 8.08. The monoisotopic (exact) mass is 365 g/mol. The predicted molar refractivity (Wildman–Crippen MR) is 106 cm³/mol. The molecule has 142 valence electrons. The maximum Gasteiger partial charge on any atom is 0.254 e. The molecule has 4 heterocycles. The van der Waals surface area contributed by atoms with E-state index in [0.29, 0.717) is 19.6 Å². The van der Waals surface area contributed by atoms with E-state index in [1.54, 1.807) is 0 Å². The first-order valence-electron chi connectivity index (χ1n) is 9.73. The Bertz CT molecular complexity index is 923. The topological polar surface area (TPSA) is 45.6 Å². The van der Waals surface area contributed by atoms with Gasteiger partial charge in [-0.1, -0.05) is 17.7 Å². The van der Waals surface area contributed by atoms with Crippen molar-refractivity contribution in [1.29, 1.82) is 0 Å². The molecule has 3 saturated heterocycles. The number of aromatic nitrogens is 1. The van der Waals surface area contributed by atoms with Gasteiger partial charge in [-0.05, 0) is 44.9 Å². The molecule has 0 radical (unpaired) electrons. The molecule has 0 N–H and O–H groups in total. The Morgan fingerprint density at radius 3 is 2.78 bits per heavy atom. The Balaban J connectivity index is 1.62. The third kappa shape index (κ3) is 3.15. The molecule has 2 aromatic rings. The molecule has 2 amide bonds. The summed E-state index contributed by atoms with van der Waals surface area (Å²) in [7, 11) is 1.99. The Labute approximate surface area is 160 Å². The van der Waals surface area contributed by atoms with Crippen LogP contribution < -0.4 is 0 Å². The van der Waals surface area contributed by atoms with E-state index in [2.05, 4.69) is 19.9 Å². The number of allylic oxidation sites excluding steroid dienone is 1. The molecule has 1 aromatic carbocycles. The average Bonchev–Trinajstić information content (AvgIpc) is 2.84. The van der Waals surface area contributed by atoms with E-state index in [4.69, 9.17) is 0 Å². The zero-order valence-electron chi connectivity index (χ0n) is 16.3. The van der Waals surface area contributed by atoms with E-state index in [1.165, 1.54) is 5.57 Å². The Morgan fingerprint density at radius 2 is 2.00 bits per heavy atom. The van der Waals surface area contributed by atoms with Crippen molar-refractivity contribution < 1.29 is 9.59 Å². The fourth-order valence-corrected chi connectivity index (χ4v) is 4.39. The van der Waals surface area contributed by atoms with Gasteiger partial charge in [0, 0.05) is 55.4 Å². The molecular formula is C22H27N3O2. The van der Waals surface area contributed by atoms with E-state index in [0.717, 1.165) is 29.3 Å². The van der Waals surface area contributed by atoms with Crippen molar-refractivity contribution in [1.82, 2.24) is 14.4 Å². The molecule has 0 unspecified atom stereocenters.